The predicted molar refractivity (Wildman–Crippen MR) is 183 cm³/mol. The molecule has 0 bridgehead atoms. The zero-order valence-electron chi connectivity index (χ0n) is 29.2. The Morgan fingerprint density at radius 2 is 1.83 bits per heavy atom. The van der Waals surface area contributed by atoms with E-state index in [4.69, 9.17) is 14.2 Å². The summed E-state index contributed by atoms with van der Waals surface area (Å²) in [5.74, 6) is 0.589. The molecule has 4 aliphatic rings. The number of hydrogen-bond acceptors (Lipinski definition) is 9. The van der Waals surface area contributed by atoms with Crippen LogP contribution in [0.5, 0.6) is 11.5 Å². The van der Waals surface area contributed by atoms with Crippen LogP contribution in [0.4, 0.5) is 13.2 Å². The Hall–Kier alpha value is -3.73. The van der Waals surface area contributed by atoms with Gasteiger partial charge in [0.15, 0.2) is 0 Å². The van der Waals surface area contributed by atoms with E-state index in [9.17, 15) is 26.4 Å². The molecule has 1 amide bonds. The van der Waals surface area contributed by atoms with Crippen LogP contribution >= 0.6 is 0 Å². The van der Waals surface area contributed by atoms with Crippen molar-refractivity contribution in [3.63, 3.8) is 0 Å². The summed E-state index contributed by atoms with van der Waals surface area (Å²) >= 11 is 0. The zero-order valence-corrected chi connectivity index (χ0v) is 30.0. The van der Waals surface area contributed by atoms with Crippen LogP contribution < -0.4 is 14.8 Å². The van der Waals surface area contributed by atoms with Gasteiger partial charge in [-0.3, -0.25) is 4.79 Å². The maximum Gasteiger partial charge on any atom is 0.416 e. The highest BCUT2D eigenvalue weighted by molar-refractivity contribution is 7.89. The van der Waals surface area contributed by atoms with Crippen molar-refractivity contribution in [1.82, 2.24) is 29.5 Å². The van der Waals surface area contributed by atoms with Crippen LogP contribution in [-0.4, -0.2) is 96.1 Å². The van der Waals surface area contributed by atoms with Crippen molar-refractivity contribution >= 4 is 15.9 Å². The molecule has 52 heavy (non-hydrogen) atoms. The molecule has 3 aliphatic heterocycles. The van der Waals surface area contributed by atoms with Gasteiger partial charge in [-0.2, -0.15) is 17.5 Å². The molecule has 1 aliphatic carbocycles. The number of rotatable bonds is 7. The van der Waals surface area contributed by atoms with Gasteiger partial charge >= 0.3 is 6.18 Å². The third kappa shape index (κ3) is 7.80. The molecule has 16 heteroatoms. The average Bonchev–Trinajstić information content (AvgIpc) is 3.80. The summed E-state index contributed by atoms with van der Waals surface area (Å²) in [5.41, 5.74) is -0.675. The number of halogens is 3. The molecule has 12 nitrogen and oxygen atoms in total. The summed E-state index contributed by atoms with van der Waals surface area (Å²) in [6, 6.07) is 8.54. The highest BCUT2D eigenvalue weighted by Gasteiger charge is 2.49. The van der Waals surface area contributed by atoms with Crippen LogP contribution in [0.25, 0.3) is 5.69 Å². The Morgan fingerprint density at radius 3 is 2.58 bits per heavy atom. The molecule has 7 rings (SSSR count). The van der Waals surface area contributed by atoms with Crippen LogP contribution in [0.3, 0.4) is 0 Å². The lowest BCUT2D eigenvalue weighted by Gasteiger charge is -2.44. The topological polar surface area (TPSA) is 128 Å². The summed E-state index contributed by atoms with van der Waals surface area (Å²) < 4.78 is 90.2. The van der Waals surface area contributed by atoms with Gasteiger partial charge in [0.1, 0.15) is 33.8 Å². The van der Waals surface area contributed by atoms with Gasteiger partial charge in [0, 0.05) is 44.6 Å². The molecule has 0 unspecified atom stereocenters. The van der Waals surface area contributed by atoms with Crippen LogP contribution in [0, 0.1) is 5.92 Å². The van der Waals surface area contributed by atoms with E-state index in [-0.39, 0.29) is 31.9 Å². The number of hydrogen-bond donors (Lipinski definition) is 1. The summed E-state index contributed by atoms with van der Waals surface area (Å²) in [7, 11) is -3.11. The summed E-state index contributed by atoms with van der Waals surface area (Å²) in [5, 5.41) is 11.6. The fraction of sp³-hybridized carbons (Fsp3) is 0.583. The van der Waals surface area contributed by atoms with Crippen molar-refractivity contribution in [2.24, 2.45) is 5.92 Å². The van der Waals surface area contributed by atoms with E-state index in [0.29, 0.717) is 48.4 Å². The lowest BCUT2D eigenvalue weighted by Crippen LogP contribution is -2.59. The van der Waals surface area contributed by atoms with Gasteiger partial charge in [-0.05, 0) is 61.9 Å². The number of likely N-dealkylation sites (tertiary alicyclic amines) is 1. The van der Waals surface area contributed by atoms with E-state index in [1.165, 1.54) is 36.8 Å². The van der Waals surface area contributed by atoms with Crippen molar-refractivity contribution < 1.29 is 40.6 Å². The number of ether oxygens (including phenoxy) is 3. The molecule has 1 spiro atoms. The minimum atomic E-state index is -4.79. The van der Waals surface area contributed by atoms with Gasteiger partial charge in [-0.1, -0.05) is 36.6 Å². The lowest BCUT2D eigenvalue weighted by molar-refractivity contribution is -0.137. The fourth-order valence-electron chi connectivity index (χ4n) is 8.07. The van der Waals surface area contributed by atoms with Crippen molar-refractivity contribution in [2.45, 2.75) is 93.2 Å². The second-order valence-corrected chi connectivity index (χ2v) is 16.3. The van der Waals surface area contributed by atoms with Crippen LogP contribution in [0.2, 0.25) is 0 Å². The van der Waals surface area contributed by atoms with Crippen LogP contribution in [-0.2, 0) is 32.3 Å². The number of carbonyl (C=O) groups is 1. The molecular formula is C36H45F3N6O6S. The number of nitrogens with one attached hydrogen (secondary N) is 1. The highest BCUT2D eigenvalue weighted by Crippen LogP contribution is 2.39. The van der Waals surface area contributed by atoms with E-state index < -0.39 is 50.3 Å². The minimum Gasteiger partial charge on any atom is -0.494 e. The highest BCUT2D eigenvalue weighted by atomic mass is 32.2. The van der Waals surface area contributed by atoms with Gasteiger partial charge in [-0.25, -0.2) is 13.1 Å². The lowest BCUT2D eigenvalue weighted by atomic mass is 9.83. The second kappa shape index (κ2) is 15.0. The minimum absolute atomic E-state index is 0.00471. The Labute approximate surface area is 301 Å². The number of methoxy groups -OCH3 is 1. The monoisotopic (exact) mass is 746 g/mol. The number of alkyl halides is 3. The Morgan fingerprint density at radius 1 is 1.06 bits per heavy atom. The number of para-hydroxylation sites is 2. The normalized spacial score (nSPS) is 24.3. The Balaban J connectivity index is 1.13. The van der Waals surface area contributed by atoms with E-state index in [1.54, 1.807) is 19.4 Å². The fourth-order valence-corrected chi connectivity index (χ4v) is 9.86. The number of fused-ring (bicyclic) bond motifs is 2. The third-order valence-electron chi connectivity index (χ3n) is 11.0. The molecular weight excluding hydrogens is 701 g/mol. The van der Waals surface area contributed by atoms with E-state index in [0.717, 1.165) is 36.1 Å². The second-order valence-electron chi connectivity index (χ2n) is 14.4. The largest absolute Gasteiger partial charge is 0.494 e. The van der Waals surface area contributed by atoms with E-state index in [2.05, 4.69) is 20.5 Å². The number of benzene rings is 2. The first-order chi connectivity index (χ1) is 24.9. The van der Waals surface area contributed by atoms with Gasteiger partial charge in [0.2, 0.25) is 15.9 Å². The molecule has 282 valence electrons. The molecule has 3 fully saturated rings. The van der Waals surface area contributed by atoms with Gasteiger partial charge < -0.3 is 24.4 Å². The van der Waals surface area contributed by atoms with Gasteiger partial charge in [0.25, 0.3) is 0 Å². The van der Waals surface area contributed by atoms with Gasteiger partial charge in [0.05, 0.1) is 38.2 Å². The van der Waals surface area contributed by atoms with E-state index in [1.807, 2.05) is 18.2 Å². The molecule has 4 heterocycles. The van der Waals surface area contributed by atoms with E-state index >= 15 is 0 Å². The molecule has 3 aromatic rings. The average molecular weight is 747 g/mol. The molecule has 1 aromatic heterocycles. The first-order valence-corrected chi connectivity index (χ1v) is 19.4. The summed E-state index contributed by atoms with van der Waals surface area (Å²) in [6.07, 6.45) is 4.07. The van der Waals surface area contributed by atoms with Crippen molar-refractivity contribution in [3.05, 3.63) is 59.9 Å². The Kier molecular flexibility index (Phi) is 10.5. The number of piperidine rings is 1. The molecule has 2 saturated heterocycles. The standard InChI is InChI=1S/C36H45F3N6O6S/c1-49-31-10-6-5-9-29(31)44-22-27(41-42-44)24-51-28-20-30-34(46)40-35(13-16-43(17-14-35)21-25-7-3-2-4-8-25)15-18-50-32-12-11-26(36(37,38)39)19-33(32)52(47,48)45(30)23-28/h5-6,9-12,19,22,25,28,30H,2-4,7-8,13-18,20-21,23-24H2,1H3,(H,40,46)/t28-,30+/m1/s1. The number of sulfonamides is 1. The molecule has 2 atom stereocenters. The summed E-state index contributed by atoms with van der Waals surface area (Å²) in [6.45, 7) is 2.31. The maximum absolute atomic E-state index is 14.3. The predicted octanol–water partition coefficient (Wildman–Crippen LogP) is 4.96. The summed E-state index contributed by atoms with van der Waals surface area (Å²) in [4.78, 5) is 16.0. The first kappa shape index (κ1) is 36.6. The number of carbonyl (C=O) groups excluding carboxylic acids is 1. The number of aromatic nitrogens is 3. The smallest absolute Gasteiger partial charge is 0.416 e. The quantitative estimate of drug-likeness (QED) is 0.357. The first-order valence-electron chi connectivity index (χ1n) is 18.0. The van der Waals surface area contributed by atoms with Crippen molar-refractivity contribution in [2.75, 3.05) is 39.9 Å². The van der Waals surface area contributed by atoms with Crippen LogP contribution in [0.1, 0.15) is 69.0 Å². The molecule has 1 N–H and O–H groups in total. The molecule has 2 aromatic carbocycles. The SMILES string of the molecule is COc1ccccc1-n1cc(CO[C@@H]2C[C@H]3C(=O)NC4(CCOc5ccc(C(F)(F)F)cc5S(=O)(=O)N3C2)CCN(CC2CCCCC2)CC4)nn1. The van der Waals surface area contributed by atoms with Crippen molar-refractivity contribution in [3.8, 4) is 17.2 Å². The molecule has 0 radical (unpaired) electrons. The van der Waals surface area contributed by atoms with Crippen LogP contribution in [0.15, 0.2) is 53.6 Å². The Bertz CT molecular complexity index is 1840. The molecule has 1 saturated carbocycles. The third-order valence-corrected chi connectivity index (χ3v) is 12.9. The number of nitrogens with zero attached hydrogens (tertiary/aromatic N) is 5. The maximum atomic E-state index is 14.3. The zero-order chi connectivity index (χ0) is 36.5. The van der Waals surface area contributed by atoms with Gasteiger partial charge in [-0.15, -0.1) is 5.10 Å². The van der Waals surface area contributed by atoms with Crippen molar-refractivity contribution in [1.29, 1.82) is 0 Å². The number of amides is 1.